The van der Waals surface area contributed by atoms with E-state index in [9.17, 15) is 4.79 Å². The standard InChI is InChI=1S/C14H14BrNO4/c1-4-18-13(17)11-7-19-14(16-11)20-10-5-8(2)12(15)9(3)6-10/h5-7H,4H2,1-3H3. The predicted molar refractivity (Wildman–Crippen MR) is 76.1 cm³/mol. The summed E-state index contributed by atoms with van der Waals surface area (Å²) in [5.74, 6) is 0.0646. The maximum atomic E-state index is 11.5. The number of esters is 1. The quantitative estimate of drug-likeness (QED) is 0.787. The van der Waals surface area contributed by atoms with Crippen LogP contribution in [-0.4, -0.2) is 17.6 Å². The molecule has 1 aromatic heterocycles. The minimum Gasteiger partial charge on any atom is -0.461 e. The molecule has 0 saturated carbocycles. The smallest absolute Gasteiger partial charge is 0.399 e. The number of aryl methyl sites for hydroxylation is 2. The normalized spacial score (nSPS) is 10.4. The second kappa shape index (κ2) is 6.09. The van der Waals surface area contributed by atoms with Crippen molar-refractivity contribution in [3.63, 3.8) is 0 Å². The number of carbonyl (C=O) groups excluding carboxylic acids is 1. The van der Waals surface area contributed by atoms with Gasteiger partial charge in [-0.2, -0.15) is 4.98 Å². The van der Waals surface area contributed by atoms with Gasteiger partial charge in [0.2, 0.25) is 0 Å². The highest BCUT2D eigenvalue weighted by Gasteiger charge is 2.15. The van der Waals surface area contributed by atoms with Gasteiger partial charge in [0, 0.05) is 4.47 Å². The molecule has 0 aliphatic carbocycles. The summed E-state index contributed by atoms with van der Waals surface area (Å²) in [5.41, 5.74) is 2.17. The summed E-state index contributed by atoms with van der Waals surface area (Å²) < 4.78 is 16.5. The monoisotopic (exact) mass is 339 g/mol. The van der Waals surface area contributed by atoms with Crippen LogP contribution in [0, 0.1) is 13.8 Å². The Morgan fingerprint density at radius 1 is 1.35 bits per heavy atom. The molecule has 1 heterocycles. The molecule has 0 saturated heterocycles. The lowest BCUT2D eigenvalue weighted by Crippen LogP contribution is -2.04. The third kappa shape index (κ3) is 3.19. The van der Waals surface area contributed by atoms with Crippen LogP contribution in [0.2, 0.25) is 0 Å². The third-order valence-corrected chi connectivity index (χ3v) is 3.83. The zero-order valence-electron chi connectivity index (χ0n) is 11.4. The molecular weight excluding hydrogens is 326 g/mol. The number of oxazole rings is 1. The van der Waals surface area contributed by atoms with Gasteiger partial charge in [0.15, 0.2) is 5.69 Å². The summed E-state index contributed by atoms with van der Waals surface area (Å²) in [7, 11) is 0. The lowest BCUT2D eigenvalue weighted by atomic mass is 10.1. The van der Waals surface area contributed by atoms with Crippen LogP contribution in [0.15, 0.2) is 27.3 Å². The van der Waals surface area contributed by atoms with Gasteiger partial charge in [-0.05, 0) is 44.0 Å². The zero-order valence-corrected chi connectivity index (χ0v) is 13.0. The van der Waals surface area contributed by atoms with Gasteiger partial charge in [0.05, 0.1) is 6.61 Å². The molecule has 1 aromatic carbocycles. The van der Waals surface area contributed by atoms with Crippen molar-refractivity contribution in [2.24, 2.45) is 0 Å². The van der Waals surface area contributed by atoms with Gasteiger partial charge in [-0.15, -0.1) is 0 Å². The molecule has 0 spiro atoms. The summed E-state index contributed by atoms with van der Waals surface area (Å²) in [6, 6.07) is 3.71. The second-order valence-electron chi connectivity index (χ2n) is 4.19. The Morgan fingerprint density at radius 2 is 2.00 bits per heavy atom. The first-order chi connectivity index (χ1) is 9.51. The molecule has 0 aliphatic rings. The van der Waals surface area contributed by atoms with Crippen molar-refractivity contribution < 1.29 is 18.7 Å². The Morgan fingerprint density at radius 3 is 2.60 bits per heavy atom. The average molecular weight is 340 g/mol. The Kier molecular flexibility index (Phi) is 4.44. The fourth-order valence-corrected chi connectivity index (χ4v) is 1.90. The van der Waals surface area contributed by atoms with Gasteiger partial charge in [-0.3, -0.25) is 0 Å². The van der Waals surface area contributed by atoms with E-state index in [-0.39, 0.29) is 18.4 Å². The van der Waals surface area contributed by atoms with Crippen molar-refractivity contribution in [2.75, 3.05) is 6.61 Å². The van der Waals surface area contributed by atoms with Crippen molar-refractivity contribution >= 4 is 21.9 Å². The summed E-state index contributed by atoms with van der Waals surface area (Å²) in [6.45, 7) is 5.93. The molecule has 2 aromatic rings. The van der Waals surface area contributed by atoms with Crippen LogP contribution >= 0.6 is 15.9 Å². The fourth-order valence-electron chi connectivity index (χ4n) is 1.67. The molecule has 0 aliphatic heterocycles. The number of nitrogens with zero attached hydrogens (tertiary/aromatic N) is 1. The molecule has 0 bridgehead atoms. The first-order valence-corrected chi connectivity index (χ1v) is 6.87. The molecule has 0 unspecified atom stereocenters. The van der Waals surface area contributed by atoms with Crippen molar-refractivity contribution in [3.8, 4) is 11.8 Å². The van der Waals surface area contributed by atoms with Crippen molar-refractivity contribution in [1.29, 1.82) is 0 Å². The highest BCUT2D eigenvalue weighted by atomic mass is 79.9. The molecule has 0 N–H and O–H groups in total. The van der Waals surface area contributed by atoms with Gasteiger partial charge < -0.3 is 13.9 Å². The Labute approximate surface area is 125 Å². The van der Waals surface area contributed by atoms with Gasteiger partial charge >= 0.3 is 12.0 Å². The molecule has 5 nitrogen and oxygen atoms in total. The molecule has 0 atom stereocenters. The van der Waals surface area contributed by atoms with Gasteiger partial charge in [-0.25, -0.2) is 4.79 Å². The number of aromatic nitrogens is 1. The minimum absolute atomic E-state index is 0.00850. The summed E-state index contributed by atoms with van der Waals surface area (Å²) in [4.78, 5) is 15.4. The van der Waals surface area contributed by atoms with Gasteiger partial charge in [0.1, 0.15) is 12.0 Å². The molecular formula is C14H14BrNO4. The molecule has 0 fully saturated rings. The average Bonchev–Trinajstić information content (AvgIpc) is 2.85. The predicted octanol–water partition coefficient (Wildman–Crippen LogP) is 4.02. The Bertz CT molecular complexity index is 613. The number of hydrogen-bond acceptors (Lipinski definition) is 5. The third-order valence-electron chi connectivity index (χ3n) is 2.58. The highest BCUT2D eigenvalue weighted by Crippen LogP contribution is 2.29. The summed E-state index contributed by atoms with van der Waals surface area (Å²) in [5, 5.41) is 0. The van der Waals surface area contributed by atoms with Crippen LogP contribution in [0.3, 0.4) is 0 Å². The van der Waals surface area contributed by atoms with Crippen molar-refractivity contribution in [2.45, 2.75) is 20.8 Å². The minimum atomic E-state index is -0.533. The van der Waals surface area contributed by atoms with E-state index >= 15 is 0 Å². The van der Waals surface area contributed by atoms with E-state index in [0.717, 1.165) is 15.6 Å². The molecule has 106 valence electrons. The summed E-state index contributed by atoms with van der Waals surface area (Å²) >= 11 is 3.48. The molecule has 0 radical (unpaired) electrons. The van der Waals surface area contributed by atoms with E-state index < -0.39 is 5.97 Å². The van der Waals surface area contributed by atoms with E-state index in [1.165, 1.54) is 6.26 Å². The van der Waals surface area contributed by atoms with Gasteiger partial charge in [0.25, 0.3) is 0 Å². The lowest BCUT2D eigenvalue weighted by Gasteiger charge is -2.06. The number of ether oxygens (including phenoxy) is 2. The largest absolute Gasteiger partial charge is 0.461 e. The van der Waals surface area contributed by atoms with Crippen LogP contribution in [0.5, 0.6) is 11.8 Å². The van der Waals surface area contributed by atoms with E-state index in [4.69, 9.17) is 13.9 Å². The number of rotatable bonds is 4. The number of hydrogen-bond donors (Lipinski definition) is 0. The molecule has 2 rings (SSSR count). The van der Waals surface area contributed by atoms with E-state index in [1.807, 2.05) is 26.0 Å². The zero-order chi connectivity index (χ0) is 14.7. The van der Waals surface area contributed by atoms with Crippen molar-refractivity contribution in [1.82, 2.24) is 4.98 Å². The van der Waals surface area contributed by atoms with Crippen LogP contribution in [0.4, 0.5) is 0 Å². The maximum Gasteiger partial charge on any atom is 0.399 e. The molecule has 0 amide bonds. The van der Waals surface area contributed by atoms with E-state index in [2.05, 4.69) is 20.9 Å². The molecule has 6 heteroatoms. The van der Waals surface area contributed by atoms with Crippen LogP contribution in [0.25, 0.3) is 0 Å². The number of carbonyl (C=O) groups is 1. The topological polar surface area (TPSA) is 61.6 Å². The Balaban J connectivity index is 2.17. The number of benzene rings is 1. The second-order valence-corrected chi connectivity index (χ2v) is 4.99. The lowest BCUT2D eigenvalue weighted by molar-refractivity contribution is 0.0519. The van der Waals surface area contributed by atoms with Gasteiger partial charge in [-0.1, -0.05) is 15.9 Å². The van der Waals surface area contributed by atoms with Crippen LogP contribution in [0.1, 0.15) is 28.5 Å². The highest BCUT2D eigenvalue weighted by molar-refractivity contribution is 9.10. The SMILES string of the molecule is CCOC(=O)c1coc(Oc2cc(C)c(Br)c(C)c2)n1. The van der Waals surface area contributed by atoms with Crippen molar-refractivity contribution in [3.05, 3.63) is 39.7 Å². The maximum absolute atomic E-state index is 11.5. The van der Waals surface area contributed by atoms with Crippen LogP contribution in [-0.2, 0) is 4.74 Å². The fraction of sp³-hybridized carbons (Fsp3) is 0.286. The van der Waals surface area contributed by atoms with E-state index in [1.54, 1.807) is 6.92 Å². The first kappa shape index (κ1) is 14.6. The van der Waals surface area contributed by atoms with E-state index in [0.29, 0.717) is 5.75 Å². The molecule has 20 heavy (non-hydrogen) atoms. The number of halogens is 1. The van der Waals surface area contributed by atoms with Crippen LogP contribution < -0.4 is 4.74 Å². The first-order valence-electron chi connectivity index (χ1n) is 6.08. The summed E-state index contributed by atoms with van der Waals surface area (Å²) in [6.07, 6.45) is 1.22. The Hall–Kier alpha value is -1.82.